The second kappa shape index (κ2) is 7.78. The Morgan fingerprint density at radius 3 is 2.36 bits per heavy atom. The van der Waals surface area contributed by atoms with Crippen molar-refractivity contribution in [3.63, 3.8) is 0 Å². The van der Waals surface area contributed by atoms with Gasteiger partial charge in [0.05, 0.1) is 6.54 Å². The molecular weight excluding hydrogens is 368 g/mol. The van der Waals surface area contributed by atoms with Gasteiger partial charge in [-0.1, -0.05) is 48.0 Å². The zero-order valence-corrected chi connectivity index (χ0v) is 16.7. The molecule has 0 fully saturated rings. The van der Waals surface area contributed by atoms with Gasteiger partial charge in [-0.15, -0.1) is 0 Å². The third kappa shape index (κ3) is 3.68. The number of halogens is 1. The smallest absolute Gasteiger partial charge is 0.224 e. The van der Waals surface area contributed by atoms with Crippen LogP contribution < -0.4 is 10.6 Å². The highest BCUT2D eigenvalue weighted by molar-refractivity contribution is 6.30. The summed E-state index contributed by atoms with van der Waals surface area (Å²) in [4.78, 5) is 14.3. The third-order valence-electron chi connectivity index (χ3n) is 5.43. The molecule has 28 heavy (non-hydrogen) atoms. The fourth-order valence-corrected chi connectivity index (χ4v) is 4.05. The molecule has 0 unspecified atom stereocenters. The lowest BCUT2D eigenvalue weighted by Gasteiger charge is -2.28. The van der Waals surface area contributed by atoms with E-state index in [0.29, 0.717) is 18.1 Å². The summed E-state index contributed by atoms with van der Waals surface area (Å²) in [7, 11) is 0. The second-order valence-corrected chi connectivity index (χ2v) is 7.70. The molecule has 4 heteroatoms. The first-order valence-corrected chi connectivity index (χ1v) is 9.90. The average Bonchev–Trinajstić information content (AvgIpc) is 2.69. The van der Waals surface area contributed by atoms with Gasteiger partial charge in [-0.05, 0) is 70.5 Å². The molecule has 3 aromatic rings. The van der Waals surface area contributed by atoms with E-state index in [1.807, 2.05) is 23.1 Å². The van der Waals surface area contributed by atoms with Crippen molar-refractivity contribution < 1.29 is 4.79 Å². The lowest BCUT2D eigenvalue weighted by molar-refractivity contribution is -0.116. The maximum absolute atomic E-state index is 12.4. The fourth-order valence-electron chi connectivity index (χ4n) is 3.85. The van der Waals surface area contributed by atoms with Crippen LogP contribution in [0.3, 0.4) is 0 Å². The number of nitrogens with two attached hydrogens (primary N) is 1. The summed E-state index contributed by atoms with van der Waals surface area (Å²) in [5, 5.41) is 0.708. The molecule has 0 saturated heterocycles. The largest absolute Gasteiger partial charge is 0.326 e. The molecule has 142 valence electrons. The van der Waals surface area contributed by atoms with E-state index >= 15 is 0 Å². The van der Waals surface area contributed by atoms with Crippen LogP contribution in [-0.2, 0) is 30.7 Å². The van der Waals surface area contributed by atoms with Gasteiger partial charge in [0.25, 0.3) is 0 Å². The average molecular weight is 391 g/mol. The molecule has 2 N–H and O–H groups in total. The summed E-state index contributed by atoms with van der Waals surface area (Å²) in [5.74, 6) is 0.0362. The third-order valence-corrected chi connectivity index (χ3v) is 5.67. The minimum Gasteiger partial charge on any atom is -0.326 e. The number of fused-ring (bicyclic) bond motifs is 2. The van der Waals surface area contributed by atoms with E-state index in [1.165, 1.54) is 11.1 Å². The highest BCUT2D eigenvalue weighted by atomic mass is 35.5. The van der Waals surface area contributed by atoms with Crippen LogP contribution in [0, 0.1) is 0 Å². The van der Waals surface area contributed by atoms with E-state index in [0.717, 1.165) is 40.8 Å². The van der Waals surface area contributed by atoms with Gasteiger partial charge < -0.3 is 10.6 Å². The van der Waals surface area contributed by atoms with Crippen LogP contribution in [0.2, 0.25) is 5.02 Å². The molecule has 4 rings (SSSR count). The summed E-state index contributed by atoms with van der Waals surface area (Å²) in [5.41, 5.74) is 13.7. The monoisotopic (exact) mass is 390 g/mol. The predicted octanol–water partition coefficient (Wildman–Crippen LogP) is 5.12. The van der Waals surface area contributed by atoms with E-state index in [4.69, 9.17) is 17.3 Å². The number of hydrogen-bond donors (Lipinski definition) is 1. The fraction of sp³-hybridized carbons (Fsp3) is 0.208. The lowest BCUT2D eigenvalue weighted by atomic mass is 9.92. The number of aryl methyl sites for hydroxylation is 2. The first-order chi connectivity index (χ1) is 13.5. The van der Waals surface area contributed by atoms with Crippen molar-refractivity contribution in [3.8, 4) is 11.1 Å². The van der Waals surface area contributed by atoms with Crippen LogP contribution in [-0.4, -0.2) is 5.91 Å². The molecule has 0 aliphatic carbocycles. The van der Waals surface area contributed by atoms with Gasteiger partial charge in [0.2, 0.25) is 5.91 Å². The van der Waals surface area contributed by atoms with Gasteiger partial charge in [-0.2, -0.15) is 0 Å². The number of benzene rings is 3. The summed E-state index contributed by atoms with van der Waals surface area (Å²) in [6.07, 6.45) is 1.79. The van der Waals surface area contributed by atoms with Crippen LogP contribution in [0.4, 0.5) is 5.69 Å². The standard InChI is InChI=1S/C24H23ClN2O/c1-16(28)27-15-22-12-20(18-4-2-17(14-26)3-5-18)8-6-19(22)7-9-21-13-23(25)10-11-24(21)27/h2-6,8,10-13H,7,9,14-15,26H2,1H3. The second-order valence-electron chi connectivity index (χ2n) is 7.26. The molecule has 0 bridgehead atoms. The lowest BCUT2D eigenvalue weighted by Crippen LogP contribution is -2.30. The van der Waals surface area contributed by atoms with Crippen molar-refractivity contribution in [2.45, 2.75) is 32.9 Å². The maximum atomic E-state index is 12.4. The normalized spacial score (nSPS) is 13.3. The van der Waals surface area contributed by atoms with Crippen LogP contribution >= 0.6 is 11.6 Å². The van der Waals surface area contributed by atoms with Crippen LogP contribution in [0.15, 0.2) is 60.7 Å². The topological polar surface area (TPSA) is 46.3 Å². The summed E-state index contributed by atoms with van der Waals surface area (Å²) in [6, 6.07) is 20.7. The Bertz CT molecular complexity index is 1030. The molecular formula is C24H23ClN2O. The van der Waals surface area contributed by atoms with Crippen molar-refractivity contribution in [2.75, 3.05) is 4.90 Å². The van der Waals surface area contributed by atoms with Gasteiger partial charge in [0, 0.05) is 24.2 Å². The minimum atomic E-state index is 0.0362. The van der Waals surface area contributed by atoms with E-state index in [1.54, 1.807) is 6.92 Å². The number of hydrogen-bond acceptors (Lipinski definition) is 2. The SMILES string of the molecule is CC(=O)N1Cc2cc(-c3ccc(CN)cc3)ccc2CCc2cc(Cl)ccc21. The number of carbonyl (C=O) groups excluding carboxylic acids is 1. The first-order valence-electron chi connectivity index (χ1n) is 9.53. The maximum Gasteiger partial charge on any atom is 0.224 e. The molecule has 3 aromatic carbocycles. The van der Waals surface area contributed by atoms with Gasteiger partial charge in [-0.25, -0.2) is 0 Å². The van der Waals surface area contributed by atoms with Crippen LogP contribution in [0.5, 0.6) is 0 Å². The Kier molecular flexibility index (Phi) is 5.21. The van der Waals surface area contributed by atoms with Gasteiger partial charge in [0.15, 0.2) is 0 Å². The Balaban J connectivity index is 1.74. The van der Waals surface area contributed by atoms with Crippen LogP contribution in [0.1, 0.15) is 29.2 Å². The number of amides is 1. The van der Waals surface area contributed by atoms with Crippen LogP contribution in [0.25, 0.3) is 11.1 Å². The highest BCUT2D eigenvalue weighted by Crippen LogP contribution is 2.32. The van der Waals surface area contributed by atoms with Gasteiger partial charge in [-0.3, -0.25) is 4.79 Å². The van der Waals surface area contributed by atoms with E-state index < -0.39 is 0 Å². The minimum absolute atomic E-state index is 0.0362. The summed E-state index contributed by atoms with van der Waals surface area (Å²) < 4.78 is 0. The molecule has 0 radical (unpaired) electrons. The number of nitrogens with zero attached hydrogens (tertiary/aromatic N) is 1. The van der Waals surface area contributed by atoms with E-state index in [-0.39, 0.29) is 5.91 Å². The Hall–Kier alpha value is -2.62. The Labute approximate surface area is 170 Å². The molecule has 0 spiro atoms. The zero-order valence-electron chi connectivity index (χ0n) is 15.9. The molecule has 1 aliphatic rings. The number of anilines is 1. The Morgan fingerprint density at radius 1 is 0.929 bits per heavy atom. The molecule has 0 aromatic heterocycles. The van der Waals surface area contributed by atoms with Crippen molar-refractivity contribution >= 4 is 23.2 Å². The molecule has 1 heterocycles. The van der Waals surface area contributed by atoms with Crippen molar-refractivity contribution in [1.29, 1.82) is 0 Å². The zero-order chi connectivity index (χ0) is 19.7. The van der Waals surface area contributed by atoms with Gasteiger partial charge >= 0.3 is 0 Å². The number of rotatable bonds is 2. The molecule has 0 saturated carbocycles. The Morgan fingerprint density at radius 2 is 1.64 bits per heavy atom. The van der Waals surface area contributed by atoms with E-state index in [9.17, 15) is 4.79 Å². The molecule has 1 amide bonds. The van der Waals surface area contributed by atoms with Crippen molar-refractivity contribution in [1.82, 2.24) is 0 Å². The predicted molar refractivity (Wildman–Crippen MR) is 115 cm³/mol. The quantitative estimate of drug-likeness (QED) is 0.660. The van der Waals surface area contributed by atoms with Crippen molar-refractivity contribution in [2.24, 2.45) is 5.73 Å². The summed E-state index contributed by atoms with van der Waals surface area (Å²) >= 11 is 6.20. The van der Waals surface area contributed by atoms with Crippen molar-refractivity contribution in [3.05, 3.63) is 87.9 Å². The highest BCUT2D eigenvalue weighted by Gasteiger charge is 2.21. The summed E-state index contributed by atoms with van der Waals surface area (Å²) in [6.45, 7) is 2.73. The molecule has 1 aliphatic heterocycles. The molecule has 0 atom stereocenters. The molecule has 3 nitrogen and oxygen atoms in total. The van der Waals surface area contributed by atoms with E-state index in [2.05, 4.69) is 42.5 Å². The number of carbonyl (C=O) groups is 1. The van der Waals surface area contributed by atoms with Gasteiger partial charge in [0.1, 0.15) is 0 Å². The first kappa shape index (κ1) is 18.7.